The average Bonchev–Trinajstić information content (AvgIpc) is 2.20. The first-order chi connectivity index (χ1) is 7.16. The van der Waals surface area contributed by atoms with E-state index in [9.17, 15) is 9.59 Å². The fourth-order valence-electron chi connectivity index (χ4n) is 0.889. The molecule has 0 rings (SSSR count). The molecule has 0 aromatic rings. The van der Waals surface area contributed by atoms with Crippen molar-refractivity contribution in [2.24, 2.45) is 5.11 Å². The summed E-state index contributed by atoms with van der Waals surface area (Å²) in [6, 6.07) is 0. The maximum atomic E-state index is 11.0. The molecule has 0 radical (unpaired) electrons. The van der Waals surface area contributed by atoms with Gasteiger partial charge in [0, 0.05) is 24.4 Å². The standard InChI is InChI=1S/C8H14N4O3/c9-12-11-6-2-1-5-10-7(13)3-4-8(14)15/h1-6H2,(H,10,13)(H,14,15). The summed E-state index contributed by atoms with van der Waals surface area (Å²) in [4.78, 5) is 23.7. The van der Waals surface area contributed by atoms with Gasteiger partial charge in [0.05, 0.1) is 6.42 Å². The van der Waals surface area contributed by atoms with Crippen LogP contribution in [0.15, 0.2) is 5.11 Å². The largest absolute Gasteiger partial charge is 0.481 e. The van der Waals surface area contributed by atoms with Crippen LogP contribution in [0.1, 0.15) is 25.7 Å². The van der Waals surface area contributed by atoms with Crippen molar-refractivity contribution in [3.05, 3.63) is 10.4 Å². The van der Waals surface area contributed by atoms with Crippen molar-refractivity contribution in [1.82, 2.24) is 5.32 Å². The minimum absolute atomic E-state index is 0.00564. The molecule has 0 aromatic heterocycles. The van der Waals surface area contributed by atoms with E-state index >= 15 is 0 Å². The Bertz CT molecular complexity index is 261. The molecule has 0 saturated heterocycles. The SMILES string of the molecule is [N-]=[N+]=NCCCCNC(=O)CCC(=O)O. The van der Waals surface area contributed by atoms with Crippen molar-refractivity contribution in [2.75, 3.05) is 13.1 Å². The van der Waals surface area contributed by atoms with Gasteiger partial charge in [-0.05, 0) is 18.4 Å². The van der Waals surface area contributed by atoms with Gasteiger partial charge in [-0.3, -0.25) is 9.59 Å². The highest BCUT2D eigenvalue weighted by molar-refractivity contribution is 5.80. The van der Waals surface area contributed by atoms with Crippen molar-refractivity contribution in [1.29, 1.82) is 0 Å². The Morgan fingerprint density at radius 3 is 2.67 bits per heavy atom. The third-order valence-electron chi connectivity index (χ3n) is 1.64. The number of nitrogens with zero attached hydrogens (tertiary/aromatic N) is 3. The molecular weight excluding hydrogens is 200 g/mol. The molecule has 0 aliphatic rings. The van der Waals surface area contributed by atoms with Gasteiger partial charge in [-0.2, -0.15) is 0 Å². The summed E-state index contributed by atoms with van der Waals surface area (Å²) in [6.07, 6.45) is 1.29. The van der Waals surface area contributed by atoms with Gasteiger partial charge >= 0.3 is 5.97 Å². The number of carbonyl (C=O) groups excluding carboxylic acids is 1. The highest BCUT2D eigenvalue weighted by Crippen LogP contribution is 1.91. The Hall–Kier alpha value is -1.75. The van der Waals surface area contributed by atoms with Gasteiger partial charge in [0.15, 0.2) is 0 Å². The first-order valence-electron chi connectivity index (χ1n) is 4.66. The molecule has 0 heterocycles. The van der Waals surface area contributed by atoms with E-state index < -0.39 is 5.97 Å². The van der Waals surface area contributed by atoms with E-state index in [0.29, 0.717) is 19.5 Å². The predicted octanol–water partition coefficient (Wildman–Crippen LogP) is 1.06. The van der Waals surface area contributed by atoms with Gasteiger partial charge in [-0.1, -0.05) is 5.11 Å². The van der Waals surface area contributed by atoms with Gasteiger partial charge < -0.3 is 10.4 Å². The molecule has 0 spiro atoms. The summed E-state index contributed by atoms with van der Waals surface area (Å²) in [7, 11) is 0. The molecule has 0 aromatic carbocycles. The van der Waals surface area contributed by atoms with E-state index in [0.717, 1.165) is 6.42 Å². The fourth-order valence-corrected chi connectivity index (χ4v) is 0.889. The number of nitrogens with one attached hydrogen (secondary N) is 1. The van der Waals surface area contributed by atoms with Crippen LogP contribution in [-0.4, -0.2) is 30.1 Å². The van der Waals surface area contributed by atoms with Crippen LogP contribution in [0.5, 0.6) is 0 Å². The number of rotatable bonds is 8. The molecule has 2 N–H and O–H groups in total. The minimum Gasteiger partial charge on any atom is -0.481 e. The quantitative estimate of drug-likeness (QED) is 0.272. The normalized spacial score (nSPS) is 9.07. The van der Waals surface area contributed by atoms with Crippen molar-refractivity contribution in [2.45, 2.75) is 25.7 Å². The Morgan fingerprint density at radius 2 is 2.07 bits per heavy atom. The number of azide groups is 1. The second kappa shape index (κ2) is 8.83. The number of hydrogen-bond acceptors (Lipinski definition) is 3. The number of hydrogen-bond donors (Lipinski definition) is 2. The lowest BCUT2D eigenvalue weighted by Gasteiger charge is -2.02. The van der Waals surface area contributed by atoms with Gasteiger partial charge in [-0.15, -0.1) is 0 Å². The zero-order valence-electron chi connectivity index (χ0n) is 8.35. The summed E-state index contributed by atoms with van der Waals surface area (Å²) in [5.74, 6) is -1.24. The molecule has 0 atom stereocenters. The van der Waals surface area contributed by atoms with Gasteiger partial charge in [0.25, 0.3) is 0 Å². The average molecular weight is 214 g/mol. The molecular formula is C8H14N4O3. The Balaban J connectivity index is 3.31. The molecule has 0 fully saturated rings. The van der Waals surface area contributed by atoms with Crippen molar-refractivity contribution in [3.63, 3.8) is 0 Å². The van der Waals surface area contributed by atoms with Crippen LogP contribution in [0.25, 0.3) is 10.4 Å². The highest BCUT2D eigenvalue weighted by atomic mass is 16.4. The zero-order chi connectivity index (χ0) is 11.5. The molecule has 0 unspecified atom stereocenters. The molecule has 15 heavy (non-hydrogen) atoms. The maximum Gasteiger partial charge on any atom is 0.303 e. The molecule has 0 aliphatic carbocycles. The molecule has 0 bridgehead atoms. The Kier molecular flexibility index (Phi) is 7.80. The van der Waals surface area contributed by atoms with E-state index in [1.807, 2.05) is 0 Å². The number of unbranched alkanes of at least 4 members (excludes halogenated alkanes) is 1. The van der Waals surface area contributed by atoms with Crippen LogP contribution < -0.4 is 5.32 Å². The van der Waals surface area contributed by atoms with E-state index in [1.165, 1.54) is 0 Å². The van der Waals surface area contributed by atoms with E-state index in [1.54, 1.807) is 0 Å². The molecule has 7 heteroatoms. The van der Waals surface area contributed by atoms with E-state index in [4.69, 9.17) is 10.6 Å². The summed E-state index contributed by atoms with van der Waals surface area (Å²) in [5, 5.41) is 14.2. The second-order valence-corrected chi connectivity index (χ2v) is 2.91. The van der Waals surface area contributed by atoms with Crippen LogP contribution >= 0.6 is 0 Å². The Morgan fingerprint density at radius 1 is 1.33 bits per heavy atom. The van der Waals surface area contributed by atoms with Crippen molar-refractivity contribution < 1.29 is 14.7 Å². The lowest BCUT2D eigenvalue weighted by molar-refractivity contribution is -0.138. The smallest absolute Gasteiger partial charge is 0.303 e. The maximum absolute atomic E-state index is 11.0. The molecule has 1 amide bonds. The van der Waals surface area contributed by atoms with Crippen molar-refractivity contribution >= 4 is 11.9 Å². The number of carboxylic acids is 1. The third-order valence-corrected chi connectivity index (χ3v) is 1.64. The fraction of sp³-hybridized carbons (Fsp3) is 0.750. The lowest BCUT2D eigenvalue weighted by Crippen LogP contribution is -2.24. The minimum atomic E-state index is -0.978. The van der Waals surface area contributed by atoms with E-state index in [-0.39, 0.29) is 18.7 Å². The molecule has 84 valence electrons. The summed E-state index contributed by atoms with van der Waals surface area (Å²) < 4.78 is 0. The van der Waals surface area contributed by atoms with Crippen LogP contribution in [-0.2, 0) is 9.59 Å². The predicted molar refractivity (Wildman–Crippen MR) is 53.1 cm³/mol. The molecule has 0 aliphatic heterocycles. The molecule has 0 saturated carbocycles. The second-order valence-electron chi connectivity index (χ2n) is 2.91. The number of amides is 1. The number of carbonyl (C=O) groups is 2. The molecule has 7 nitrogen and oxygen atoms in total. The van der Waals surface area contributed by atoms with Crippen LogP contribution in [0.4, 0.5) is 0 Å². The first-order valence-corrected chi connectivity index (χ1v) is 4.66. The number of aliphatic carboxylic acids is 1. The Labute approximate surface area is 87.1 Å². The van der Waals surface area contributed by atoms with Crippen LogP contribution in [0.3, 0.4) is 0 Å². The highest BCUT2D eigenvalue weighted by Gasteiger charge is 2.03. The summed E-state index contributed by atoms with van der Waals surface area (Å²) in [6.45, 7) is 0.904. The van der Waals surface area contributed by atoms with Gasteiger partial charge in [-0.25, -0.2) is 0 Å². The van der Waals surface area contributed by atoms with Crippen molar-refractivity contribution in [3.8, 4) is 0 Å². The van der Waals surface area contributed by atoms with Crippen LogP contribution in [0.2, 0.25) is 0 Å². The summed E-state index contributed by atoms with van der Waals surface area (Å²) >= 11 is 0. The van der Waals surface area contributed by atoms with Gasteiger partial charge in [0.1, 0.15) is 0 Å². The first kappa shape index (κ1) is 13.2. The van der Waals surface area contributed by atoms with E-state index in [2.05, 4.69) is 15.3 Å². The number of carboxylic acid groups (broad SMARTS) is 1. The summed E-state index contributed by atoms with van der Waals surface area (Å²) in [5.41, 5.74) is 7.97. The third kappa shape index (κ3) is 10.2. The topological polar surface area (TPSA) is 115 Å². The lowest BCUT2D eigenvalue weighted by atomic mass is 10.3. The zero-order valence-corrected chi connectivity index (χ0v) is 8.35. The monoisotopic (exact) mass is 214 g/mol. The van der Waals surface area contributed by atoms with Gasteiger partial charge in [0.2, 0.25) is 5.91 Å². The van der Waals surface area contributed by atoms with Crippen LogP contribution in [0, 0.1) is 0 Å².